The van der Waals surface area contributed by atoms with Gasteiger partial charge in [0, 0.05) is 67.2 Å². The molecule has 2 bridgehead atoms. The quantitative estimate of drug-likeness (QED) is 0.0547. The molecule has 4 heterocycles. The van der Waals surface area contributed by atoms with Gasteiger partial charge >= 0.3 is 5.97 Å². The number of H-pyrrole nitrogens is 1. The molecule has 374 valence electrons. The largest absolute Gasteiger partial charge is 0.508 e. The van der Waals surface area contributed by atoms with Gasteiger partial charge in [0.25, 0.3) is 0 Å². The van der Waals surface area contributed by atoms with Gasteiger partial charge in [0.1, 0.15) is 52.4 Å². The molecule has 6 aromatic rings. The number of hydrogen-bond donors (Lipinski definition) is 12. The normalized spacial score (nSPS) is 24.3. The summed E-state index contributed by atoms with van der Waals surface area (Å²) in [4.78, 5) is 30.4. The number of anilines is 2. The number of aromatic amines is 1. The van der Waals surface area contributed by atoms with Crippen molar-refractivity contribution in [3.63, 3.8) is 0 Å². The van der Waals surface area contributed by atoms with Gasteiger partial charge in [-0.15, -0.1) is 0 Å². The van der Waals surface area contributed by atoms with Crippen molar-refractivity contribution in [3.05, 3.63) is 135 Å². The first kappa shape index (κ1) is 48.9. The molecule has 2 aliphatic heterocycles. The molecule has 19 nitrogen and oxygen atoms in total. The van der Waals surface area contributed by atoms with E-state index in [0.29, 0.717) is 65.6 Å². The average molecular weight is 976 g/mol. The molecular formula is C52H57N5O14. The first-order valence-electron chi connectivity index (χ1n) is 23.3. The Kier molecular flexibility index (Phi) is 13.7. The van der Waals surface area contributed by atoms with Crippen molar-refractivity contribution in [1.82, 2.24) is 15.6 Å². The molecule has 4 aromatic carbocycles. The standard InChI is InChI=1S/C52H57N5O14/c1-3-28-15-30(19-35(59)18-28)25-68-46-41(21-40-43(45(46)61)38(60)20-39(69-40)31-7-10-36(11-8-31)67-14-13-33-9-12-42(53)57-33)70-50-51(65)22-32(16-29-5-4-6-34(17-29)55-23-27(2)58)44(37-24-54-26-56-37)52(66,49(51)64)47(71-50)48(62)63/h4-12,15,17-22,27,37,44,47,49-50,54-59,61,64-66H,3,13-14,16,23-26,53H2,1-2H3,(H,62,63)/t27-,37+,44+,47+,49-,50+,51+,52+/m0/s1. The number of aliphatic carboxylic acids is 1. The fourth-order valence-electron chi connectivity index (χ4n) is 9.83. The van der Waals surface area contributed by atoms with Gasteiger partial charge in [-0.1, -0.05) is 30.7 Å². The third kappa shape index (κ3) is 9.85. The summed E-state index contributed by atoms with van der Waals surface area (Å²) >= 11 is 0. The first-order valence-corrected chi connectivity index (χ1v) is 23.3. The van der Waals surface area contributed by atoms with Crippen LogP contribution in [0.3, 0.4) is 0 Å². The Morgan fingerprint density at radius 1 is 0.986 bits per heavy atom. The highest BCUT2D eigenvalue weighted by molar-refractivity contribution is 5.89. The topological polar surface area (TPSA) is 304 Å². The zero-order chi connectivity index (χ0) is 50.2. The zero-order valence-corrected chi connectivity index (χ0v) is 38.9. The average Bonchev–Trinajstić information content (AvgIpc) is 4.02. The van der Waals surface area contributed by atoms with E-state index in [1.807, 2.05) is 31.2 Å². The number of carboxylic acid groups (broad SMARTS) is 1. The lowest BCUT2D eigenvalue weighted by Gasteiger charge is -2.58. The molecule has 2 fully saturated rings. The molecule has 9 rings (SSSR count). The number of fused-ring (bicyclic) bond motifs is 3. The minimum Gasteiger partial charge on any atom is -0.508 e. The number of aromatic hydroxyl groups is 2. The van der Waals surface area contributed by atoms with Crippen LogP contribution in [-0.2, 0) is 35.4 Å². The van der Waals surface area contributed by atoms with Gasteiger partial charge in [-0.25, -0.2) is 4.79 Å². The summed E-state index contributed by atoms with van der Waals surface area (Å²) in [5, 5.41) is 90.2. The van der Waals surface area contributed by atoms with Crippen molar-refractivity contribution in [2.75, 3.05) is 37.4 Å². The maximum Gasteiger partial charge on any atom is 0.336 e. The fraction of sp³-hybridized carbons (Fsp3) is 0.346. The highest BCUT2D eigenvalue weighted by atomic mass is 16.7. The molecule has 0 radical (unpaired) electrons. The lowest BCUT2D eigenvalue weighted by molar-refractivity contribution is -0.344. The summed E-state index contributed by atoms with van der Waals surface area (Å²) in [6.45, 7) is 4.45. The fourth-order valence-corrected chi connectivity index (χ4v) is 9.83. The molecule has 3 aliphatic rings. The number of nitrogen functional groups attached to an aromatic ring is 1. The van der Waals surface area contributed by atoms with Crippen LogP contribution in [0.2, 0.25) is 0 Å². The van der Waals surface area contributed by atoms with Crippen molar-refractivity contribution in [2.24, 2.45) is 5.92 Å². The van der Waals surface area contributed by atoms with E-state index in [2.05, 4.69) is 20.9 Å². The molecule has 0 unspecified atom stereocenters. The molecule has 19 heteroatoms. The number of aromatic nitrogens is 1. The van der Waals surface area contributed by atoms with E-state index in [9.17, 15) is 45.3 Å². The van der Waals surface area contributed by atoms with Crippen LogP contribution in [0.25, 0.3) is 22.3 Å². The van der Waals surface area contributed by atoms with Gasteiger partial charge in [0.05, 0.1) is 12.7 Å². The van der Waals surface area contributed by atoms with Crippen molar-refractivity contribution in [2.45, 2.75) is 81.6 Å². The minimum atomic E-state index is -2.68. The zero-order valence-electron chi connectivity index (χ0n) is 38.9. The molecule has 2 saturated heterocycles. The predicted molar refractivity (Wildman–Crippen MR) is 260 cm³/mol. The number of nitrogens with one attached hydrogen (secondary N) is 4. The van der Waals surface area contributed by atoms with Gasteiger partial charge in [-0.05, 0) is 103 Å². The van der Waals surface area contributed by atoms with E-state index >= 15 is 0 Å². The van der Waals surface area contributed by atoms with Crippen molar-refractivity contribution in [1.29, 1.82) is 0 Å². The number of aryl methyl sites for hydroxylation is 1. The number of aliphatic hydroxyl groups excluding tert-OH is 2. The maximum atomic E-state index is 14.0. The van der Waals surface area contributed by atoms with E-state index in [0.717, 1.165) is 11.3 Å². The molecular weight excluding hydrogens is 919 g/mol. The summed E-state index contributed by atoms with van der Waals surface area (Å²) in [6.07, 6.45) is -4.68. The first-order chi connectivity index (χ1) is 34.0. The van der Waals surface area contributed by atoms with Gasteiger partial charge in [-0.3, -0.25) is 10.1 Å². The number of carboxylic acids is 1. The van der Waals surface area contributed by atoms with E-state index in [1.165, 1.54) is 24.3 Å². The summed E-state index contributed by atoms with van der Waals surface area (Å²) in [6, 6.07) is 24.2. The minimum absolute atomic E-state index is 0.0411. The second kappa shape index (κ2) is 20.0. The summed E-state index contributed by atoms with van der Waals surface area (Å²) in [5.74, 6) is -3.26. The highest BCUT2D eigenvalue weighted by Crippen LogP contribution is 2.52. The molecule has 8 atom stereocenters. The smallest absolute Gasteiger partial charge is 0.336 e. The van der Waals surface area contributed by atoms with Crippen LogP contribution in [0.4, 0.5) is 11.5 Å². The van der Waals surface area contributed by atoms with Gasteiger partial charge < -0.3 is 80.5 Å². The Balaban J connectivity index is 1.12. The molecule has 0 amide bonds. The van der Waals surface area contributed by atoms with Crippen LogP contribution >= 0.6 is 0 Å². The Morgan fingerprint density at radius 2 is 1.77 bits per heavy atom. The number of hydrogen-bond acceptors (Lipinski definition) is 17. The number of nitrogens with two attached hydrogens (primary N) is 1. The number of carbonyl (C=O) groups is 1. The van der Waals surface area contributed by atoms with E-state index < -0.39 is 76.4 Å². The van der Waals surface area contributed by atoms with Gasteiger partial charge in [0.2, 0.25) is 12.0 Å². The Labute approximate surface area is 407 Å². The third-order valence-corrected chi connectivity index (χ3v) is 13.2. The van der Waals surface area contributed by atoms with Gasteiger partial charge in [0.15, 0.2) is 28.6 Å². The second-order valence-corrected chi connectivity index (χ2v) is 18.3. The summed E-state index contributed by atoms with van der Waals surface area (Å²) < 4.78 is 30.8. The lowest BCUT2D eigenvalue weighted by Crippen LogP contribution is -2.79. The van der Waals surface area contributed by atoms with E-state index in [1.54, 1.807) is 55.5 Å². The number of benzene rings is 4. The molecule has 0 saturated carbocycles. The third-order valence-electron chi connectivity index (χ3n) is 13.2. The molecule has 0 spiro atoms. The molecule has 1 aliphatic carbocycles. The van der Waals surface area contributed by atoms with Crippen LogP contribution in [-0.4, -0.2) is 115 Å². The van der Waals surface area contributed by atoms with Crippen LogP contribution in [0, 0.1) is 5.92 Å². The van der Waals surface area contributed by atoms with Gasteiger partial charge in [-0.2, -0.15) is 0 Å². The van der Waals surface area contributed by atoms with Crippen LogP contribution < -0.4 is 41.3 Å². The lowest BCUT2D eigenvalue weighted by atomic mass is 9.59. The Hall–Kier alpha value is -7.10. The van der Waals surface area contributed by atoms with Crippen LogP contribution in [0.5, 0.6) is 28.7 Å². The Morgan fingerprint density at radius 3 is 2.48 bits per heavy atom. The van der Waals surface area contributed by atoms with Crippen molar-refractivity contribution < 1.29 is 63.9 Å². The predicted octanol–water partition coefficient (Wildman–Crippen LogP) is 3.67. The number of ether oxygens (including phenoxy) is 4. The Bertz CT molecular complexity index is 3000. The second-order valence-electron chi connectivity index (χ2n) is 18.3. The number of aliphatic hydroxyl groups is 4. The van der Waals surface area contributed by atoms with Crippen molar-refractivity contribution in [3.8, 4) is 40.1 Å². The van der Waals surface area contributed by atoms with Crippen LogP contribution in [0.15, 0.2) is 112 Å². The van der Waals surface area contributed by atoms with Crippen LogP contribution in [0.1, 0.15) is 36.2 Å². The molecule has 2 aromatic heterocycles. The summed E-state index contributed by atoms with van der Waals surface area (Å²) in [7, 11) is 0. The summed E-state index contributed by atoms with van der Waals surface area (Å²) in [5.41, 5.74) is 3.91. The SMILES string of the molecule is CCc1cc(O)cc(COc2c(O[C@@H]3O[C@H](C(=O)O)[C@]4(O)[C@@H]([C@H]5CNCN5)C(Cc5cccc(NC[C@H](C)O)c5)=C[C@@]3(O)[C@@H]4O)cc3oc(-c4ccc(OCCc5ccc(N)[nH]5)cc4)cc(=O)c3c2O)c1. The number of phenols is 2. The highest BCUT2D eigenvalue weighted by Gasteiger charge is 2.71. The maximum absolute atomic E-state index is 14.0. The monoisotopic (exact) mass is 975 g/mol. The van der Waals surface area contributed by atoms with E-state index in [-0.39, 0.29) is 48.6 Å². The molecule has 71 heavy (non-hydrogen) atoms. The van der Waals surface area contributed by atoms with Crippen molar-refractivity contribution >= 4 is 28.4 Å². The van der Waals surface area contributed by atoms with E-state index in [4.69, 9.17) is 29.1 Å². The number of rotatable bonds is 18. The number of phenolic OH excluding ortho intramolecular Hbond substituents is 2. The molecule has 13 N–H and O–H groups in total.